The predicted octanol–water partition coefficient (Wildman–Crippen LogP) is 4.11. The van der Waals surface area contributed by atoms with Gasteiger partial charge in [0.2, 0.25) is 0 Å². The summed E-state index contributed by atoms with van der Waals surface area (Å²) in [6.45, 7) is 2.87. The van der Waals surface area contributed by atoms with E-state index in [4.69, 9.17) is 5.73 Å². The molecule has 1 atom stereocenters. The minimum Gasteiger partial charge on any atom is -0.370 e. The van der Waals surface area contributed by atoms with Crippen LogP contribution in [-0.4, -0.2) is 7.05 Å². The fourth-order valence-corrected chi connectivity index (χ4v) is 2.42. The SMILES string of the molecule is C[C@@H](N)c1ccc(N(C)Cc2ccccc2Br)cc1. The van der Waals surface area contributed by atoms with Gasteiger partial charge in [-0.15, -0.1) is 0 Å². The Kier molecular flexibility index (Phi) is 4.61. The van der Waals surface area contributed by atoms with Crippen LogP contribution in [0.5, 0.6) is 0 Å². The molecule has 0 spiro atoms. The van der Waals surface area contributed by atoms with Gasteiger partial charge >= 0.3 is 0 Å². The van der Waals surface area contributed by atoms with Gasteiger partial charge in [0.1, 0.15) is 0 Å². The second kappa shape index (κ2) is 6.22. The number of anilines is 1. The largest absolute Gasteiger partial charge is 0.370 e. The molecule has 0 aliphatic carbocycles. The third-order valence-corrected chi connectivity index (χ3v) is 4.00. The highest BCUT2D eigenvalue weighted by molar-refractivity contribution is 9.10. The van der Waals surface area contributed by atoms with Crippen LogP contribution in [0.1, 0.15) is 24.1 Å². The molecule has 0 fully saturated rings. The summed E-state index contributed by atoms with van der Waals surface area (Å²) >= 11 is 3.58. The maximum atomic E-state index is 5.86. The van der Waals surface area contributed by atoms with Crippen molar-refractivity contribution in [2.75, 3.05) is 11.9 Å². The molecule has 100 valence electrons. The standard InChI is InChI=1S/C16H19BrN2/c1-12(18)13-7-9-15(10-8-13)19(2)11-14-5-3-4-6-16(14)17/h3-10,12H,11,18H2,1-2H3/t12-/m1/s1. The van der Waals surface area contributed by atoms with Crippen molar-refractivity contribution in [3.8, 4) is 0 Å². The molecule has 0 saturated carbocycles. The second-order valence-corrected chi connectivity index (χ2v) is 5.68. The molecular formula is C16H19BrN2. The van der Waals surface area contributed by atoms with E-state index in [9.17, 15) is 0 Å². The topological polar surface area (TPSA) is 29.3 Å². The summed E-state index contributed by atoms with van der Waals surface area (Å²) in [7, 11) is 2.10. The van der Waals surface area contributed by atoms with Gasteiger partial charge in [-0.2, -0.15) is 0 Å². The molecule has 0 bridgehead atoms. The van der Waals surface area contributed by atoms with Crippen molar-refractivity contribution in [1.82, 2.24) is 0 Å². The summed E-state index contributed by atoms with van der Waals surface area (Å²) in [4.78, 5) is 2.23. The number of rotatable bonds is 4. The molecule has 3 heteroatoms. The Morgan fingerprint density at radius 2 is 1.74 bits per heavy atom. The highest BCUT2D eigenvalue weighted by Gasteiger charge is 2.05. The van der Waals surface area contributed by atoms with Crippen molar-refractivity contribution in [2.24, 2.45) is 5.73 Å². The second-order valence-electron chi connectivity index (χ2n) is 4.83. The van der Waals surface area contributed by atoms with Crippen LogP contribution in [0.3, 0.4) is 0 Å². The van der Waals surface area contributed by atoms with E-state index in [1.54, 1.807) is 0 Å². The summed E-state index contributed by atoms with van der Waals surface area (Å²) < 4.78 is 1.15. The molecule has 0 heterocycles. The van der Waals surface area contributed by atoms with Gasteiger partial charge in [-0.05, 0) is 36.2 Å². The lowest BCUT2D eigenvalue weighted by molar-refractivity contribution is 0.817. The van der Waals surface area contributed by atoms with E-state index in [0.29, 0.717) is 0 Å². The van der Waals surface area contributed by atoms with Crippen molar-refractivity contribution in [3.05, 3.63) is 64.1 Å². The zero-order valence-corrected chi connectivity index (χ0v) is 12.9. The summed E-state index contributed by atoms with van der Waals surface area (Å²) in [5.74, 6) is 0. The van der Waals surface area contributed by atoms with Gasteiger partial charge in [-0.1, -0.05) is 46.3 Å². The van der Waals surface area contributed by atoms with Gasteiger partial charge in [0.05, 0.1) is 0 Å². The zero-order chi connectivity index (χ0) is 13.8. The number of nitrogens with two attached hydrogens (primary N) is 1. The smallest absolute Gasteiger partial charge is 0.0437 e. The van der Waals surface area contributed by atoms with E-state index < -0.39 is 0 Å². The number of nitrogens with zero attached hydrogens (tertiary/aromatic N) is 1. The van der Waals surface area contributed by atoms with E-state index >= 15 is 0 Å². The first kappa shape index (κ1) is 14.1. The quantitative estimate of drug-likeness (QED) is 0.919. The van der Waals surface area contributed by atoms with Crippen LogP contribution in [0, 0.1) is 0 Å². The maximum Gasteiger partial charge on any atom is 0.0437 e. The van der Waals surface area contributed by atoms with Crippen LogP contribution >= 0.6 is 15.9 Å². The number of hydrogen-bond donors (Lipinski definition) is 1. The lowest BCUT2D eigenvalue weighted by Crippen LogP contribution is -2.16. The van der Waals surface area contributed by atoms with E-state index in [0.717, 1.165) is 16.6 Å². The van der Waals surface area contributed by atoms with E-state index in [2.05, 4.69) is 70.3 Å². The van der Waals surface area contributed by atoms with E-state index in [-0.39, 0.29) is 6.04 Å². The van der Waals surface area contributed by atoms with Crippen LogP contribution in [0.25, 0.3) is 0 Å². The van der Waals surface area contributed by atoms with Crippen molar-refractivity contribution in [1.29, 1.82) is 0 Å². The first-order valence-corrected chi connectivity index (χ1v) is 7.17. The molecular weight excluding hydrogens is 300 g/mol. The van der Waals surface area contributed by atoms with Crippen LogP contribution in [-0.2, 0) is 6.54 Å². The van der Waals surface area contributed by atoms with Gasteiger partial charge < -0.3 is 10.6 Å². The van der Waals surface area contributed by atoms with Gasteiger partial charge in [0.25, 0.3) is 0 Å². The Hall–Kier alpha value is -1.32. The predicted molar refractivity (Wildman–Crippen MR) is 85.3 cm³/mol. The van der Waals surface area contributed by atoms with Crippen molar-refractivity contribution < 1.29 is 0 Å². The molecule has 0 radical (unpaired) electrons. The van der Waals surface area contributed by atoms with Crippen molar-refractivity contribution in [2.45, 2.75) is 19.5 Å². The Labute approximate surface area is 123 Å². The van der Waals surface area contributed by atoms with Gasteiger partial charge in [0.15, 0.2) is 0 Å². The third-order valence-electron chi connectivity index (χ3n) is 3.22. The molecule has 0 amide bonds. The fourth-order valence-electron chi connectivity index (χ4n) is 2.01. The summed E-state index contributed by atoms with van der Waals surface area (Å²) in [5.41, 5.74) is 9.50. The summed E-state index contributed by atoms with van der Waals surface area (Å²) in [6.07, 6.45) is 0. The maximum absolute atomic E-state index is 5.86. The van der Waals surface area contributed by atoms with Crippen LogP contribution in [0.4, 0.5) is 5.69 Å². The fraction of sp³-hybridized carbons (Fsp3) is 0.250. The molecule has 0 saturated heterocycles. The Bertz CT molecular complexity index is 535. The normalized spacial score (nSPS) is 12.2. The third kappa shape index (κ3) is 3.58. The number of halogens is 1. The number of hydrogen-bond acceptors (Lipinski definition) is 2. The van der Waals surface area contributed by atoms with E-state index in [1.165, 1.54) is 11.3 Å². The Morgan fingerprint density at radius 3 is 2.32 bits per heavy atom. The Balaban J connectivity index is 2.12. The van der Waals surface area contributed by atoms with E-state index in [1.807, 2.05) is 13.0 Å². The molecule has 2 nitrogen and oxygen atoms in total. The van der Waals surface area contributed by atoms with Crippen LogP contribution in [0.2, 0.25) is 0 Å². The summed E-state index contributed by atoms with van der Waals surface area (Å²) in [5, 5.41) is 0. The molecule has 0 unspecified atom stereocenters. The number of benzene rings is 2. The lowest BCUT2D eigenvalue weighted by Gasteiger charge is -2.20. The first-order chi connectivity index (χ1) is 9.08. The van der Waals surface area contributed by atoms with Crippen molar-refractivity contribution >= 4 is 21.6 Å². The van der Waals surface area contributed by atoms with Crippen molar-refractivity contribution in [3.63, 3.8) is 0 Å². The monoisotopic (exact) mass is 318 g/mol. The van der Waals surface area contributed by atoms with Crippen LogP contribution in [0.15, 0.2) is 53.0 Å². The minimum absolute atomic E-state index is 0.0858. The van der Waals surface area contributed by atoms with Gasteiger partial charge in [-0.3, -0.25) is 0 Å². The zero-order valence-electron chi connectivity index (χ0n) is 11.3. The molecule has 0 aliphatic heterocycles. The first-order valence-electron chi connectivity index (χ1n) is 6.38. The molecule has 2 aromatic carbocycles. The van der Waals surface area contributed by atoms with Gasteiger partial charge in [0, 0.05) is 29.8 Å². The molecule has 19 heavy (non-hydrogen) atoms. The summed E-state index contributed by atoms with van der Waals surface area (Å²) in [6, 6.07) is 16.8. The highest BCUT2D eigenvalue weighted by Crippen LogP contribution is 2.22. The average molecular weight is 319 g/mol. The average Bonchev–Trinajstić information content (AvgIpc) is 2.41. The molecule has 0 aliphatic rings. The lowest BCUT2D eigenvalue weighted by atomic mass is 10.1. The Morgan fingerprint density at radius 1 is 1.11 bits per heavy atom. The molecule has 0 aromatic heterocycles. The molecule has 2 N–H and O–H groups in total. The molecule has 2 rings (SSSR count). The minimum atomic E-state index is 0.0858. The molecule has 2 aromatic rings. The van der Waals surface area contributed by atoms with Gasteiger partial charge in [-0.25, -0.2) is 0 Å². The highest BCUT2D eigenvalue weighted by atomic mass is 79.9. The van der Waals surface area contributed by atoms with Crippen LogP contribution < -0.4 is 10.6 Å².